The number of alkyl carbamates (subject to hydrolysis) is 1. The molecule has 0 aliphatic carbocycles. The van der Waals surface area contributed by atoms with Gasteiger partial charge in [-0.2, -0.15) is 11.3 Å². The zero-order valence-electron chi connectivity index (χ0n) is 18.9. The molecule has 0 aliphatic rings. The summed E-state index contributed by atoms with van der Waals surface area (Å²) in [6, 6.07) is 2.07. The zero-order valence-corrected chi connectivity index (χ0v) is 19.7. The molecule has 1 amide bonds. The van der Waals surface area contributed by atoms with Gasteiger partial charge in [-0.25, -0.2) is 4.79 Å². The molecule has 1 heterocycles. The van der Waals surface area contributed by atoms with Gasteiger partial charge in [0.25, 0.3) is 0 Å². The summed E-state index contributed by atoms with van der Waals surface area (Å²) in [5.41, 5.74) is 1.24. The van der Waals surface area contributed by atoms with Crippen molar-refractivity contribution in [3.05, 3.63) is 22.4 Å². The first-order chi connectivity index (χ1) is 14.3. The van der Waals surface area contributed by atoms with Gasteiger partial charge in [0.05, 0.1) is 6.61 Å². The molecule has 1 rings (SSSR count). The lowest BCUT2D eigenvalue weighted by Crippen LogP contribution is -2.26. The number of unbranched alkanes of at least 4 members (excludes halogenated alkanes) is 15. The van der Waals surface area contributed by atoms with Crippen LogP contribution < -0.4 is 5.32 Å². The Labute approximate surface area is 184 Å². The Balaban J connectivity index is 1.71. The van der Waals surface area contributed by atoms with Crippen LogP contribution in [0.1, 0.15) is 115 Å². The van der Waals surface area contributed by atoms with Crippen LogP contribution in [0.2, 0.25) is 0 Å². The van der Waals surface area contributed by atoms with E-state index in [-0.39, 0.29) is 6.09 Å². The molecule has 0 unspecified atom stereocenters. The van der Waals surface area contributed by atoms with Gasteiger partial charge in [0, 0.05) is 13.0 Å². The number of carbonyl (C=O) groups is 1. The minimum Gasteiger partial charge on any atom is -0.449 e. The van der Waals surface area contributed by atoms with Crippen LogP contribution in [-0.4, -0.2) is 19.2 Å². The van der Waals surface area contributed by atoms with E-state index < -0.39 is 0 Å². The van der Waals surface area contributed by atoms with Gasteiger partial charge in [0.1, 0.15) is 0 Å². The van der Waals surface area contributed by atoms with Crippen LogP contribution in [0.25, 0.3) is 0 Å². The summed E-state index contributed by atoms with van der Waals surface area (Å²) in [6.07, 6.45) is 22.4. The van der Waals surface area contributed by atoms with Crippen LogP contribution in [0.3, 0.4) is 0 Å². The summed E-state index contributed by atoms with van der Waals surface area (Å²) in [5.74, 6) is 0. The van der Waals surface area contributed by atoms with E-state index in [1.807, 2.05) is 5.38 Å². The molecule has 1 N–H and O–H groups in total. The van der Waals surface area contributed by atoms with E-state index in [2.05, 4.69) is 23.7 Å². The molecular formula is C25H45NO2S. The van der Waals surface area contributed by atoms with Crippen molar-refractivity contribution < 1.29 is 9.53 Å². The molecule has 1 aromatic heterocycles. The fraction of sp³-hybridized carbons (Fsp3) is 0.800. The standard InChI is InChI=1S/C25H45NO2S/c1-2-3-4-5-6-7-8-9-10-11-12-13-14-15-16-17-20-26-25(27)28-21-18-24-19-22-29-23-24/h19,22-23H,2-18,20-21H2,1H3,(H,26,27). The Morgan fingerprint density at radius 2 is 1.34 bits per heavy atom. The van der Waals surface area contributed by atoms with E-state index in [4.69, 9.17) is 4.74 Å². The van der Waals surface area contributed by atoms with Gasteiger partial charge in [-0.1, -0.05) is 103 Å². The van der Waals surface area contributed by atoms with E-state index in [1.54, 1.807) is 11.3 Å². The average Bonchev–Trinajstić information content (AvgIpc) is 3.24. The molecule has 0 saturated carbocycles. The molecule has 29 heavy (non-hydrogen) atoms. The topological polar surface area (TPSA) is 38.3 Å². The number of thiophene rings is 1. The van der Waals surface area contributed by atoms with Gasteiger partial charge in [-0.3, -0.25) is 0 Å². The Morgan fingerprint density at radius 3 is 1.83 bits per heavy atom. The van der Waals surface area contributed by atoms with Crippen LogP contribution in [0, 0.1) is 0 Å². The Morgan fingerprint density at radius 1 is 0.828 bits per heavy atom. The highest BCUT2D eigenvalue weighted by Gasteiger charge is 2.01. The fourth-order valence-electron chi connectivity index (χ4n) is 3.61. The molecule has 0 atom stereocenters. The van der Waals surface area contributed by atoms with Crippen LogP contribution in [-0.2, 0) is 11.2 Å². The van der Waals surface area contributed by atoms with Gasteiger partial charge in [0.2, 0.25) is 0 Å². The highest BCUT2D eigenvalue weighted by atomic mass is 32.1. The first-order valence-electron chi connectivity index (χ1n) is 12.2. The smallest absolute Gasteiger partial charge is 0.407 e. The van der Waals surface area contributed by atoms with Gasteiger partial charge < -0.3 is 10.1 Å². The summed E-state index contributed by atoms with van der Waals surface area (Å²) in [6.45, 7) is 3.47. The molecule has 4 heteroatoms. The van der Waals surface area contributed by atoms with E-state index >= 15 is 0 Å². The van der Waals surface area contributed by atoms with E-state index in [9.17, 15) is 4.79 Å². The quantitative estimate of drug-likeness (QED) is 0.214. The number of nitrogens with one attached hydrogen (secondary N) is 1. The first kappa shape index (κ1) is 26.0. The molecule has 0 radical (unpaired) electrons. The Bertz CT molecular complexity index is 461. The monoisotopic (exact) mass is 423 g/mol. The van der Waals surface area contributed by atoms with Gasteiger partial charge in [-0.05, 0) is 28.8 Å². The predicted molar refractivity (Wildman–Crippen MR) is 127 cm³/mol. The van der Waals surface area contributed by atoms with Crippen molar-refractivity contribution in [1.29, 1.82) is 0 Å². The lowest BCUT2D eigenvalue weighted by molar-refractivity contribution is 0.147. The van der Waals surface area contributed by atoms with Crippen LogP contribution in [0.15, 0.2) is 16.8 Å². The molecule has 0 aliphatic heterocycles. The SMILES string of the molecule is CCCCCCCCCCCCCCCCCCNC(=O)OCCc1ccsc1. The predicted octanol–water partition coefficient (Wildman–Crippen LogP) is 8.28. The van der Waals surface area contributed by atoms with E-state index in [1.165, 1.54) is 102 Å². The summed E-state index contributed by atoms with van der Waals surface area (Å²) in [4.78, 5) is 11.6. The maximum absolute atomic E-state index is 11.6. The zero-order chi connectivity index (χ0) is 20.8. The van der Waals surface area contributed by atoms with Crippen molar-refractivity contribution in [2.45, 2.75) is 116 Å². The van der Waals surface area contributed by atoms with Crippen molar-refractivity contribution in [3.63, 3.8) is 0 Å². The minimum atomic E-state index is -0.277. The third-order valence-corrected chi connectivity index (χ3v) is 6.24. The maximum Gasteiger partial charge on any atom is 0.407 e. The highest BCUT2D eigenvalue weighted by molar-refractivity contribution is 7.07. The number of hydrogen-bond donors (Lipinski definition) is 1. The highest BCUT2D eigenvalue weighted by Crippen LogP contribution is 2.13. The number of rotatable bonds is 20. The minimum absolute atomic E-state index is 0.277. The summed E-state index contributed by atoms with van der Waals surface area (Å²) in [5, 5.41) is 7.00. The second-order valence-electron chi connectivity index (χ2n) is 8.25. The van der Waals surface area contributed by atoms with Crippen molar-refractivity contribution in [1.82, 2.24) is 5.32 Å². The van der Waals surface area contributed by atoms with Crippen molar-refractivity contribution in [2.75, 3.05) is 13.2 Å². The van der Waals surface area contributed by atoms with Crippen molar-refractivity contribution in [3.8, 4) is 0 Å². The maximum atomic E-state index is 11.6. The Kier molecular flexibility index (Phi) is 18.2. The lowest BCUT2D eigenvalue weighted by atomic mass is 10.0. The van der Waals surface area contributed by atoms with Gasteiger partial charge in [-0.15, -0.1) is 0 Å². The third kappa shape index (κ3) is 17.5. The number of amides is 1. The number of ether oxygens (including phenoxy) is 1. The lowest BCUT2D eigenvalue weighted by Gasteiger charge is -2.06. The second kappa shape index (κ2) is 20.3. The number of carbonyl (C=O) groups excluding carboxylic acids is 1. The molecule has 0 bridgehead atoms. The van der Waals surface area contributed by atoms with E-state index in [0.29, 0.717) is 6.61 Å². The van der Waals surface area contributed by atoms with Crippen molar-refractivity contribution >= 4 is 17.4 Å². The van der Waals surface area contributed by atoms with Crippen LogP contribution >= 0.6 is 11.3 Å². The van der Waals surface area contributed by atoms with Gasteiger partial charge >= 0.3 is 6.09 Å². The first-order valence-corrected chi connectivity index (χ1v) is 13.2. The fourth-order valence-corrected chi connectivity index (χ4v) is 4.31. The van der Waals surface area contributed by atoms with Crippen LogP contribution in [0.5, 0.6) is 0 Å². The Hall–Kier alpha value is -1.03. The molecule has 168 valence electrons. The van der Waals surface area contributed by atoms with E-state index in [0.717, 1.165) is 19.4 Å². The molecule has 3 nitrogen and oxygen atoms in total. The summed E-state index contributed by atoms with van der Waals surface area (Å²) >= 11 is 1.68. The summed E-state index contributed by atoms with van der Waals surface area (Å²) in [7, 11) is 0. The van der Waals surface area contributed by atoms with Crippen molar-refractivity contribution in [2.24, 2.45) is 0 Å². The largest absolute Gasteiger partial charge is 0.449 e. The molecular weight excluding hydrogens is 378 g/mol. The molecule has 1 aromatic rings. The number of hydrogen-bond acceptors (Lipinski definition) is 3. The van der Waals surface area contributed by atoms with Crippen LogP contribution in [0.4, 0.5) is 4.79 Å². The molecule has 0 spiro atoms. The third-order valence-electron chi connectivity index (χ3n) is 5.50. The molecule has 0 aromatic carbocycles. The summed E-state index contributed by atoms with van der Waals surface area (Å²) < 4.78 is 5.20. The van der Waals surface area contributed by atoms with Gasteiger partial charge in [0.15, 0.2) is 0 Å². The average molecular weight is 424 g/mol. The normalized spacial score (nSPS) is 10.9. The molecule has 0 fully saturated rings. The molecule has 0 saturated heterocycles. The second-order valence-corrected chi connectivity index (χ2v) is 9.03.